The van der Waals surface area contributed by atoms with Gasteiger partial charge in [-0.05, 0) is 25.5 Å². The fraction of sp³-hybridized carbons (Fsp3) is 0.368. The summed E-state index contributed by atoms with van der Waals surface area (Å²) in [5.41, 5.74) is 0.188. The highest BCUT2D eigenvalue weighted by molar-refractivity contribution is 6.05. The highest BCUT2D eigenvalue weighted by atomic mass is 19.4. The number of carbonyl (C=O) groups excluding carboxylic acids is 2. The molecule has 1 saturated heterocycles. The minimum Gasteiger partial charge on any atom is -0.366 e. The number of fused-ring (bicyclic) bond motifs is 4. The van der Waals surface area contributed by atoms with Gasteiger partial charge in [0.25, 0.3) is 5.91 Å². The Morgan fingerprint density at radius 2 is 2.00 bits per heavy atom. The average molecular weight is 456 g/mol. The van der Waals surface area contributed by atoms with Gasteiger partial charge in [0.15, 0.2) is 17.5 Å². The smallest absolute Gasteiger partial charge is 0.366 e. The summed E-state index contributed by atoms with van der Waals surface area (Å²) in [5.74, 6) is -3.50. The largest absolute Gasteiger partial charge is 0.408 e. The third-order valence-corrected chi connectivity index (χ3v) is 5.28. The summed E-state index contributed by atoms with van der Waals surface area (Å²) in [7, 11) is 0. The van der Waals surface area contributed by atoms with Gasteiger partial charge in [0.05, 0.1) is 17.9 Å². The van der Waals surface area contributed by atoms with Crippen molar-refractivity contribution in [1.29, 1.82) is 0 Å². The van der Waals surface area contributed by atoms with E-state index in [-0.39, 0.29) is 17.6 Å². The van der Waals surface area contributed by atoms with Crippen molar-refractivity contribution in [2.45, 2.75) is 31.6 Å². The van der Waals surface area contributed by atoms with Gasteiger partial charge in [-0.1, -0.05) is 0 Å². The zero-order chi connectivity index (χ0) is 23.2. The van der Waals surface area contributed by atoms with Crippen LogP contribution in [0.25, 0.3) is 0 Å². The molecule has 0 radical (unpaired) electrons. The molecule has 2 aliphatic rings. The maximum absolute atomic E-state index is 13.9. The van der Waals surface area contributed by atoms with Crippen LogP contribution >= 0.6 is 0 Å². The Labute approximate surface area is 178 Å². The fourth-order valence-corrected chi connectivity index (χ4v) is 3.62. The van der Waals surface area contributed by atoms with Crippen molar-refractivity contribution < 1.29 is 31.5 Å². The second-order valence-corrected chi connectivity index (χ2v) is 7.45. The first-order valence-corrected chi connectivity index (χ1v) is 9.59. The molecule has 0 aliphatic carbocycles. The maximum atomic E-state index is 13.9. The highest BCUT2D eigenvalue weighted by Crippen LogP contribution is 2.39. The monoisotopic (exact) mass is 456 g/mol. The van der Waals surface area contributed by atoms with E-state index in [9.17, 15) is 31.5 Å². The van der Waals surface area contributed by atoms with E-state index in [4.69, 9.17) is 0 Å². The second kappa shape index (κ2) is 7.88. The van der Waals surface area contributed by atoms with Crippen molar-refractivity contribution in [1.82, 2.24) is 15.3 Å². The maximum Gasteiger partial charge on any atom is 0.408 e. The third kappa shape index (κ3) is 4.01. The topological polar surface area (TPSA) is 90.5 Å². The van der Waals surface area contributed by atoms with E-state index in [1.165, 1.54) is 17.0 Å². The number of urea groups is 1. The molecule has 8 nitrogen and oxygen atoms in total. The molecule has 2 atom stereocenters. The first-order chi connectivity index (χ1) is 15.0. The number of aromatic nitrogens is 2. The van der Waals surface area contributed by atoms with Crippen LogP contribution < -0.4 is 20.4 Å². The molecule has 32 heavy (non-hydrogen) atoms. The van der Waals surface area contributed by atoms with Crippen LogP contribution in [-0.2, 0) is 0 Å². The van der Waals surface area contributed by atoms with Crippen LogP contribution in [0, 0.1) is 11.6 Å². The molecule has 2 bridgehead atoms. The zero-order valence-electron chi connectivity index (χ0n) is 16.6. The molecule has 170 valence electrons. The SMILES string of the molecule is CC(NC(=O)c1ccc2c(n1)N(C(=O)Nc1ncc(F)cc1F)[C@H]1CCN2C1)C(F)(F)F. The van der Waals surface area contributed by atoms with Crippen molar-refractivity contribution in [2.24, 2.45) is 0 Å². The van der Waals surface area contributed by atoms with Gasteiger partial charge in [-0.15, -0.1) is 0 Å². The number of nitrogens with zero attached hydrogens (tertiary/aromatic N) is 4. The van der Waals surface area contributed by atoms with E-state index in [0.29, 0.717) is 31.3 Å². The summed E-state index contributed by atoms with van der Waals surface area (Å²) in [6, 6.07) is 0.0449. The molecule has 0 aromatic carbocycles. The molecule has 3 amide bonds. The van der Waals surface area contributed by atoms with Gasteiger partial charge in [0.2, 0.25) is 0 Å². The quantitative estimate of drug-likeness (QED) is 0.693. The van der Waals surface area contributed by atoms with Crippen LogP contribution in [0.1, 0.15) is 23.8 Å². The molecule has 2 aliphatic heterocycles. The van der Waals surface area contributed by atoms with Gasteiger partial charge >= 0.3 is 12.2 Å². The van der Waals surface area contributed by atoms with E-state index >= 15 is 0 Å². The van der Waals surface area contributed by atoms with Crippen molar-refractivity contribution >= 4 is 29.3 Å². The van der Waals surface area contributed by atoms with Gasteiger partial charge < -0.3 is 10.2 Å². The molecule has 2 N–H and O–H groups in total. The normalized spacial score (nSPS) is 18.2. The number of hydrogen-bond acceptors (Lipinski definition) is 5. The van der Waals surface area contributed by atoms with Crippen molar-refractivity contribution in [3.05, 3.63) is 41.7 Å². The summed E-state index contributed by atoms with van der Waals surface area (Å²) < 4.78 is 65.4. The van der Waals surface area contributed by atoms with E-state index in [0.717, 1.165) is 13.1 Å². The van der Waals surface area contributed by atoms with Crippen LogP contribution in [-0.4, -0.2) is 53.3 Å². The lowest BCUT2D eigenvalue weighted by Gasteiger charge is -2.35. The van der Waals surface area contributed by atoms with Gasteiger partial charge in [-0.25, -0.2) is 23.5 Å². The van der Waals surface area contributed by atoms with Crippen molar-refractivity contribution in [3.8, 4) is 0 Å². The van der Waals surface area contributed by atoms with E-state index < -0.39 is 41.6 Å². The van der Waals surface area contributed by atoms with Gasteiger partial charge in [0.1, 0.15) is 17.6 Å². The molecule has 4 rings (SSSR count). The molecule has 0 saturated carbocycles. The lowest BCUT2D eigenvalue weighted by Crippen LogP contribution is -2.49. The second-order valence-electron chi connectivity index (χ2n) is 7.45. The van der Waals surface area contributed by atoms with Crippen LogP contribution in [0.2, 0.25) is 0 Å². The zero-order valence-corrected chi connectivity index (χ0v) is 16.6. The third-order valence-electron chi connectivity index (χ3n) is 5.28. The summed E-state index contributed by atoms with van der Waals surface area (Å²) in [6.07, 6.45) is -3.34. The Hall–Kier alpha value is -3.51. The van der Waals surface area contributed by atoms with Crippen LogP contribution in [0.5, 0.6) is 0 Å². The summed E-state index contributed by atoms with van der Waals surface area (Å²) >= 11 is 0. The Bertz CT molecular complexity index is 1080. The average Bonchev–Trinajstić information content (AvgIpc) is 3.13. The van der Waals surface area contributed by atoms with E-state index in [1.54, 1.807) is 0 Å². The van der Waals surface area contributed by atoms with E-state index in [1.807, 2.05) is 10.2 Å². The van der Waals surface area contributed by atoms with Crippen LogP contribution in [0.15, 0.2) is 24.4 Å². The van der Waals surface area contributed by atoms with E-state index in [2.05, 4.69) is 15.3 Å². The number of rotatable bonds is 3. The van der Waals surface area contributed by atoms with Crippen LogP contribution in [0.4, 0.5) is 44.1 Å². The lowest BCUT2D eigenvalue weighted by atomic mass is 10.1. The van der Waals surface area contributed by atoms with Gasteiger partial charge in [-0.2, -0.15) is 13.2 Å². The molecule has 2 aromatic rings. The molecule has 1 fully saturated rings. The number of halogens is 5. The highest BCUT2D eigenvalue weighted by Gasteiger charge is 2.41. The first-order valence-electron chi connectivity index (χ1n) is 9.59. The Morgan fingerprint density at radius 1 is 1.25 bits per heavy atom. The Balaban J connectivity index is 1.63. The summed E-state index contributed by atoms with van der Waals surface area (Å²) in [4.78, 5) is 36.1. The van der Waals surface area contributed by atoms with Crippen LogP contribution in [0.3, 0.4) is 0 Å². The van der Waals surface area contributed by atoms with Gasteiger partial charge in [0, 0.05) is 19.2 Å². The standard InChI is InChI=1S/C19H17F5N6O2/c1-9(19(22,23)24)26-17(31)13-2-3-14-16(27-13)30(11-4-5-29(14)8-11)18(32)28-15-12(21)6-10(20)7-25-15/h2-3,6-7,9,11H,4-5,8H2,1H3,(H,26,31)(H,25,28,32)/t9?,11-/m0/s1. The van der Waals surface area contributed by atoms with Crippen molar-refractivity contribution in [2.75, 3.05) is 28.2 Å². The number of amides is 3. The number of pyridine rings is 2. The van der Waals surface area contributed by atoms with Crippen molar-refractivity contribution in [3.63, 3.8) is 0 Å². The predicted octanol–water partition coefficient (Wildman–Crippen LogP) is 3.07. The fourth-order valence-electron chi connectivity index (χ4n) is 3.62. The number of anilines is 3. The number of alkyl halides is 3. The number of hydrogen-bond donors (Lipinski definition) is 2. The first kappa shape index (κ1) is 21.7. The van der Waals surface area contributed by atoms with Gasteiger partial charge in [-0.3, -0.25) is 15.0 Å². The molecule has 0 spiro atoms. The summed E-state index contributed by atoms with van der Waals surface area (Å²) in [6.45, 7) is 1.84. The molecule has 13 heteroatoms. The minimum absolute atomic E-state index is 0.0473. The number of nitrogens with one attached hydrogen (secondary N) is 2. The molecular weight excluding hydrogens is 439 g/mol. The molecular formula is C19H17F5N6O2. The summed E-state index contributed by atoms with van der Waals surface area (Å²) in [5, 5.41) is 4.08. The lowest BCUT2D eigenvalue weighted by molar-refractivity contribution is -0.149. The predicted molar refractivity (Wildman–Crippen MR) is 103 cm³/mol. The Morgan fingerprint density at radius 3 is 2.69 bits per heavy atom. The molecule has 2 aromatic heterocycles. The Kier molecular flexibility index (Phi) is 5.34. The molecule has 1 unspecified atom stereocenters. The molecule has 4 heterocycles. The minimum atomic E-state index is -4.63. The number of carbonyl (C=O) groups is 2.